The normalized spacial score (nSPS) is 19.2. The molecule has 0 spiro atoms. The van der Waals surface area contributed by atoms with E-state index in [-0.39, 0.29) is 17.9 Å². The van der Waals surface area contributed by atoms with Crippen LogP contribution in [0.1, 0.15) is 22.3 Å². The van der Waals surface area contributed by atoms with Crippen molar-refractivity contribution >= 4 is 22.6 Å². The Balaban J connectivity index is 1.18. The van der Waals surface area contributed by atoms with Gasteiger partial charge >= 0.3 is 0 Å². The maximum absolute atomic E-state index is 12.3. The number of nitrogens with zero attached hydrogens (tertiary/aromatic N) is 5. The van der Waals surface area contributed by atoms with Gasteiger partial charge in [0.1, 0.15) is 35.6 Å². The number of aromatic nitrogens is 5. The number of nitrogens with two attached hydrogens (primary N) is 1. The Hall–Kier alpha value is -5.56. The summed E-state index contributed by atoms with van der Waals surface area (Å²) in [5.74, 6) is 0.509. The molecule has 0 bridgehead atoms. The first-order valence-electron chi connectivity index (χ1n) is 15.2. The number of aliphatic hydroxyl groups is 2. The second-order valence-corrected chi connectivity index (χ2v) is 11.3. The van der Waals surface area contributed by atoms with E-state index in [1.54, 1.807) is 31.4 Å². The second-order valence-electron chi connectivity index (χ2n) is 11.3. The molecule has 7 rings (SSSR count). The summed E-state index contributed by atoms with van der Waals surface area (Å²) in [5, 5.41) is 34.1. The minimum Gasteiger partial charge on any atom is -0.497 e. The lowest BCUT2D eigenvalue weighted by atomic mass is 10.1. The number of nitrogens with one attached hydrogen (secondary N) is 1. The van der Waals surface area contributed by atoms with E-state index in [4.69, 9.17) is 20.2 Å². The molecule has 0 aliphatic carbocycles. The van der Waals surface area contributed by atoms with Crippen LogP contribution in [0.25, 0.3) is 33.7 Å². The summed E-state index contributed by atoms with van der Waals surface area (Å²) in [4.78, 5) is 17.2. The number of imidazole rings is 1. The fourth-order valence-electron chi connectivity index (χ4n) is 5.94. The number of rotatable bonds is 10. The van der Waals surface area contributed by atoms with Crippen molar-refractivity contribution in [3.63, 3.8) is 0 Å². The van der Waals surface area contributed by atoms with Crippen molar-refractivity contribution in [3.05, 3.63) is 114 Å². The summed E-state index contributed by atoms with van der Waals surface area (Å²) in [6.45, 7) is 0.875. The zero-order valence-electron chi connectivity index (χ0n) is 25.5. The number of hydrogen-bond donors (Lipinski definition) is 4. The van der Waals surface area contributed by atoms with Crippen molar-refractivity contribution in [2.75, 3.05) is 12.4 Å². The van der Waals surface area contributed by atoms with E-state index in [1.807, 2.05) is 71.3 Å². The number of benzene rings is 4. The van der Waals surface area contributed by atoms with Crippen LogP contribution >= 0.6 is 0 Å². The highest BCUT2D eigenvalue weighted by atomic mass is 16.6. The Morgan fingerprint density at radius 3 is 2.34 bits per heavy atom. The Morgan fingerprint density at radius 1 is 0.915 bits per heavy atom. The van der Waals surface area contributed by atoms with Crippen LogP contribution in [0.2, 0.25) is 0 Å². The van der Waals surface area contributed by atoms with Gasteiger partial charge in [-0.3, -0.25) is 4.79 Å². The minimum absolute atomic E-state index is 0.0894. The van der Waals surface area contributed by atoms with Gasteiger partial charge in [0.25, 0.3) is 5.91 Å². The third-order valence-electron chi connectivity index (χ3n) is 8.37. The molecule has 4 aromatic carbocycles. The number of aliphatic hydroxyl groups excluding tert-OH is 2. The summed E-state index contributed by atoms with van der Waals surface area (Å²) in [6, 6.07) is 32.8. The average molecular weight is 632 g/mol. The Kier molecular flexibility index (Phi) is 8.12. The average Bonchev–Trinajstić information content (AvgIpc) is 3.79. The molecule has 4 atom stereocenters. The largest absolute Gasteiger partial charge is 0.497 e. The summed E-state index contributed by atoms with van der Waals surface area (Å²) in [7, 11) is 1.55. The van der Waals surface area contributed by atoms with E-state index in [2.05, 4.69) is 27.8 Å². The van der Waals surface area contributed by atoms with Crippen LogP contribution in [0.4, 0.5) is 5.69 Å². The zero-order chi connectivity index (χ0) is 32.5. The van der Waals surface area contributed by atoms with Gasteiger partial charge in [-0.2, -0.15) is 0 Å². The summed E-state index contributed by atoms with van der Waals surface area (Å²) in [6.07, 6.45) is -4.68. The molecule has 6 aromatic rings. The number of amides is 1. The molecular formula is C35H33N7O5. The van der Waals surface area contributed by atoms with Crippen LogP contribution < -0.4 is 15.8 Å². The topological polar surface area (TPSA) is 163 Å². The molecule has 1 aliphatic heterocycles. The molecule has 3 heterocycles. The number of ether oxygens (including phenoxy) is 2. The van der Waals surface area contributed by atoms with Crippen molar-refractivity contribution in [3.8, 4) is 28.4 Å². The number of carbonyl (C=O) groups is 1. The predicted molar refractivity (Wildman–Crippen MR) is 175 cm³/mol. The van der Waals surface area contributed by atoms with E-state index < -0.39 is 30.4 Å². The van der Waals surface area contributed by atoms with Gasteiger partial charge in [0.05, 0.1) is 24.7 Å². The Labute approximate surface area is 270 Å². The third kappa shape index (κ3) is 5.81. The van der Waals surface area contributed by atoms with E-state index in [9.17, 15) is 15.0 Å². The minimum atomic E-state index is -1.38. The van der Waals surface area contributed by atoms with Crippen molar-refractivity contribution in [2.45, 2.75) is 37.6 Å². The van der Waals surface area contributed by atoms with Crippen molar-refractivity contribution in [2.24, 2.45) is 5.73 Å². The van der Waals surface area contributed by atoms with E-state index in [0.29, 0.717) is 23.7 Å². The fraction of sp³-hybridized carbons (Fsp3) is 0.200. The number of anilines is 1. The maximum atomic E-state index is 12.3. The van der Waals surface area contributed by atoms with Crippen LogP contribution in [0.5, 0.6) is 5.75 Å². The van der Waals surface area contributed by atoms with Gasteiger partial charge in [0, 0.05) is 23.4 Å². The van der Waals surface area contributed by atoms with E-state index in [1.165, 1.54) is 10.2 Å². The van der Waals surface area contributed by atoms with Crippen LogP contribution in [0.3, 0.4) is 0 Å². The molecule has 12 nitrogen and oxygen atoms in total. The number of methoxy groups -OCH3 is 1. The quantitative estimate of drug-likeness (QED) is 0.175. The van der Waals surface area contributed by atoms with Gasteiger partial charge in [-0.05, 0) is 66.2 Å². The first-order chi connectivity index (χ1) is 22.9. The van der Waals surface area contributed by atoms with E-state index >= 15 is 0 Å². The molecule has 47 heavy (non-hydrogen) atoms. The lowest BCUT2D eigenvalue weighted by molar-refractivity contribution is -0.0478. The molecule has 2 aromatic heterocycles. The van der Waals surface area contributed by atoms with Crippen molar-refractivity contribution in [1.29, 1.82) is 0 Å². The smallest absolute Gasteiger partial charge is 0.271 e. The van der Waals surface area contributed by atoms with Crippen LogP contribution in [0, 0.1) is 0 Å². The molecule has 1 aliphatic rings. The summed E-state index contributed by atoms with van der Waals surface area (Å²) >= 11 is 0. The van der Waals surface area contributed by atoms with E-state index in [0.717, 1.165) is 22.3 Å². The van der Waals surface area contributed by atoms with Crippen LogP contribution in [-0.2, 0) is 17.8 Å². The van der Waals surface area contributed by atoms with Crippen molar-refractivity contribution in [1.82, 2.24) is 24.5 Å². The standard InChI is InChI=1S/C35H33N7O5/c1-46-25-17-13-22(14-18-25)30-29(33(36)45)39-40-42(30)35-32(44)31(43)28(47-35)20-41-27-10-6-5-9-26(27)38-34(41)23-11-15-24(16-12-23)37-19-21-7-3-2-4-8-21/h2-18,28,31-32,35,37,43-44H,19-20H2,1H3,(H2,36,45)/t28-,31-,32?,35-/m1/s1. The van der Waals surface area contributed by atoms with Crippen LogP contribution in [0.15, 0.2) is 103 Å². The van der Waals surface area contributed by atoms with Crippen molar-refractivity contribution < 1.29 is 24.5 Å². The molecule has 1 saturated heterocycles. The SMILES string of the molecule is COc1ccc(-c2c(C(N)=O)nnn2[C@@H]2O[C@H](Cn3c(-c4ccc(NCc5ccccc5)cc4)nc4ccccc43)[C@@H](O)C2O)cc1. The Bertz CT molecular complexity index is 2010. The molecule has 1 unspecified atom stereocenters. The molecule has 1 amide bonds. The molecule has 238 valence electrons. The molecular weight excluding hydrogens is 598 g/mol. The van der Waals surface area contributed by atoms with Crippen LogP contribution in [-0.4, -0.2) is 66.1 Å². The van der Waals surface area contributed by atoms with Gasteiger partial charge < -0.3 is 35.3 Å². The second kappa shape index (κ2) is 12.7. The Morgan fingerprint density at radius 2 is 1.62 bits per heavy atom. The predicted octanol–water partition coefficient (Wildman–Crippen LogP) is 4.00. The van der Waals surface area contributed by atoms with Gasteiger partial charge in [-0.25, -0.2) is 9.67 Å². The van der Waals surface area contributed by atoms with Gasteiger partial charge in [0.15, 0.2) is 11.9 Å². The number of primary amides is 1. The number of para-hydroxylation sites is 2. The number of hydrogen-bond acceptors (Lipinski definition) is 9. The summed E-state index contributed by atoms with van der Waals surface area (Å²) in [5.41, 5.74) is 11.0. The molecule has 0 saturated carbocycles. The third-order valence-corrected chi connectivity index (χ3v) is 8.37. The fourth-order valence-corrected chi connectivity index (χ4v) is 5.94. The monoisotopic (exact) mass is 631 g/mol. The number of carbonyl (C=O) groups excluding carboxylic acids is 1. The molecule has 5 N–H and O–H groups in total. The van der Waals surface area contributed by atoms with Gasteiger partial charge in [0.2, 0.25) is 0 Å². The first-order valence-corrected chi connectivity index (χ1v) is 15.2. The summed E-state index contributed by atoms with van der Waals surface area (Å²) < 4.78 is 14.8. The zero-order valence-corrected chi connectivity index (χ0v) is 25.5. The van der Waals surface area contributed by atoms with Gasteiger partial charge in [-0.15, -0.1) is 5.10 Å². The first kappa shape index (κ1) is 30.1. The highest BCUT2D eigenvalue weighted by Crippen LogP contribution is 2.36. The lowest BCUT2D eigenvalue weighted by Crippen LogP contribution is -2.34. The maximum Gasteiger partial charge on any atom is 0.271 e. The highest BCUT2D eigenvalue weighted by molar-refractivity contribution is 5.96. The lowest BCUT2D eigenvalue weighted by Gasteiger charge is -2.18. The highest BCUT2D eigenvalue weighted by Gasteiger charge is 2.46. The molecule has 0 radical (unpaired) electrons. The molecule has 12 heteroatoms. The van der Waals surface area contributed by atoms with Gasteiger partial charge in [-0.1, -0.05) is 47.7 Å². The number of fused-ring (bicyclic) bond motifs is 1. The molecule has 1 fully saturated rings.